The molecule has 5 heteroatoms. The molecule has 5 nitrogen and oxygen atoms in total. The number of unbranched alkanes of at least 4 members (excludes halogenated alkanes) is 1. The molecule has 0 unspecified atom stereocenters. The first-order valence-electron chi connectivity index (χ1n) is 7.16. The molecule has 2 rings (SSSR count). The largest absolute Gasteiger partial charge is 0.494 e. The third-order valence-corrected chi connectivity index (χ3v) is 3.30. The first kappa shape index (κ1) is 14.7. The maximum Gasteiger partial charge on any atom is 0.321 e. The predicted molar refractivity (Wildman–Crippen MR) is 78.1 cm³/mol. The minimum absolute atomic E-state index is 0.174. The minimum atomic E-state index is -0.399. The maximum atomic E-state index is 12.0. The molecular weight excluding hydrogens is 256 g/mol. The van der Waals surface area contributed by atoms with Crippen molar-refractivity contribution in [3.63, 3.8) is 0 Å². The van der Waals surface area contributed by atoms with Gasteiger partial charge in [0.15, 0.2) is 0 Å². The van der Waals surface area contributed by atoms with Crippen LogP contribution in [-0.2, 0) is 0 Å². The Hall–Kier alpha value is -1.75. The Morgan fingerprint density at radius 2 is 2.40 bits per heavy atom. The molecule has 1 fully saturated rings. The van der Waals surface area contributed by atoms with E-state index in [1.54, 1.807) is 4.90 Å². The zero-order chi connectivity index (χ0) is 14.4. The second-order valence-electron chi connectivity index (χ2n) is 5.05. The van der Waals surface area contributed by atoms with Crippen molar-refractivity contribution in [3.8, 4) is 5.75 Å². The number of likely N-dealkylation sites (tertiary alicyclic amines) is 1. The van der Waals surface area contributed by atoms with Crippen molar-refractivity contribution < 1.29 is 14.6 Å². The molecule has 2 N–H and O–H groups in total. The van der Waals surface area contributed by atoms with Crippen molar-refractivity contribution in [2.24, 2.45) is 0 Å². The van der Waals surface area contributed by atoms with E-state index in [-0.39, 0.29) is 6.03 Å². The van der Waals surface area contributed by atoms with Gasteiger partial charge in [0.25, 0.3) is 0 Å². The van der Waals surface area contributed by atoms with Crippen molar-refractivity contribution >= 4 is 11.7 Å². The molecule has 0 aliphatic carbocycles. The van der Waals surface area contributed by atoms with Crippen LogP contribution in [-0.4, -0.2) is 41.8 Å². The lowest BCUT2D eigenvalue weighted by atomic mass is 10.3. The number of amides is 2. The lowest BCUT2D eigenvalue weighted by Gasteiger charge is -2.16. The number of rotatable bonds is 5. The molecule has 1 heterocycles. The molecular formula is C15H22N2O3. The van der Waals surface area contributed by atoms with Gasteiger partial charge in [0.2, 0.25) is 0 Å². The summed E-state index contributed by atoms with van der Waals surface area (Å²) in [5, 5.41) is 12.3. The molecule has 1 aliphatic heterocycles. The number of ether oxygens (including phenoxy) is 1. The first-order chi connectivity index (χ1) is 9.69. The number of urea groups is 1. The van der Waals surface area contributed by atoms with Gasteiger partial charge in [-0.15, -0.1) is 0 Å². The number of carbonyl (C=O) groups excluding carboxylic acids is 1. The highest BCUT2D eigenvalue weighted by molar-refractivity contribution is 5.89. The SMILES string of the molecule is CCCCOc1cccc(NC(=O)N2CC[C@@H](O)C2)c1. The van der Waals surface area contributed by atoms with Crippen LogP contribution >= 0.6 is 0 Å². The molecule has 110 valence electrons. The van der Waals surface area contributed by atoms with Gasteiger partial charge in [-0.2, -0.15) is 0 Å². The average Bonchev–Trinajstić information content (AvgIpc) is 2.86. The van der Waals surface area contributed by atoms with Gasteiger partial charge in [-0.25, -0.2) is 4.79 Å². The Balaban J connectivity index is 1.88. The summed E-state index contributed by atoms with van der Waals surface area (Å²) in [5.41, 5.74) is 0.713. The molecule has 1 aliphatic rings. The molecule has 0 radical (unpaired) electrons. The summed E-state index contributed by atoms with van der Waals surface area (Å²) in [6, 6.07) is 7.21. The van der Waals surface area contributed by atoms with Crippen molar-refractivity contribution in [2.75, 3.05) is 25.0 Å². The summed E-state index contributed by atoms with van der Waals surface area (Å²) in [6.07, 6.45) is 2.35. The number of aliphatic hydroxyl groups excluding tert-OH is 1. The number of hydrogen-bond donors (Lipinski definition) is 2. The Bertz CT molecular complexity index is 450. The fourth-order valence-electron chi connectivity index (χ4n) is 2.13. The number of aliphatic hydroxyl groups is 1. The molecule has 1 aromatic carbocycles. The Kier molecular flexibility index (Phi) is 5.24. The summed E-state index contributed by atoms with van der Waals surface area (Å²) in [4.78, 5) is 13.6. The summed E-state index contributed by atoms with van der Waals surface area (Å²) < 4.78 is 5.61. The average molecular weight is 278 g/mol. The normalized spacial score (nSPS) is 18.1. The van der Waals surface area contributed by atoms with E-state index in [0.717, 1.165) is 18.6 Å². The van der Waals surface area contributed by atoms with Crippen molar-refractivity contribution in [1.82, 2.24) is 4.90 Å². The van der Waals surface area contributed by atoms with Crippen LogP contribution in [0.4, 0.5) is 10.5 Å². The van der Waals surface area contributed by atoms with Crippen LogP contribution in [0.15, 0.2) is 24.3 Å². The number of anilines is 1. The van der Waals surface area contributed by atoms with E-state index in [1.807, 2.05) is 24.3 Å². The van der Waals surface area contributed by atoms with Gasteiger partial charge in [-0.1, -0.05) is 19.4 Å². The van der Waals surface area contributed by atoms with Crippen LogP contribution in [0.5, 0.6) is 5.75 Å². The van der Waals surface area contributed by atoms with Gasteiger partial charge in [-0.05, 0) is 25.0 Å². The number of nitrogens with one attached hydrogen (secondary N) is 1. The smallest absolute Gasteiger partial charge is 0.321 e. The number of carbonyl (C=O) groups is 1. The van der Waals surface area contributed by atoms with Gasteiger partial charge in [0.05, 0.1) is 12.7 Å². The standard InChI is InChI=1S/C15H22N2O3/c1-2-3-9-20-14-6-4-5-12(10-14)16-15(19)17-8-7-13(18)11-17/h4-6,10,13,18H,2-3,7-9,11H2,1H3,(H,16,19)/t13-/m1/s1. The van der Waals surface area contributed by atoms with E-state index < -0.39 is 6.10 Å². The Labute approximate surface area is 119 Å². The van der Waals surface area contributed by atoms with Crippen LogP contribution < -0.4 is 10.1 Å². The van der Waals surface area contributed by atoms with Crippen LogP contribution in [0, 0.1) is 0 Å². The van der Waals surface area contributed by atoms with Crippen LogP contribution in [0.1, 0.15) is 26.2 Å². The highest BCUT2D eigenvalue weighted by atomic mass is 16.5. The molecule has 2 amide bonds. The molecule has 0 bridgehead atoms. The van der Waals surface area contributed by atoms with E-state index in [1.165, 1.54) is 0 Å². The Morgan fingerprint density at radius 1 is 1.55 bits per heavy atom. The molecule has 1 atom stereocenters. The van der Waals surface area contributed by atoms with Gasteiger partial charge in [0, 0.05) is 24.8 Å². The highest BCUT2D eigenvalue weighted by Gasteiger charge is 2.24. The van der Waals surface area contributed by atoms with E-state index >= 15 is 0 Å². The number of nitrogens with zero attached hydrogens (tertiary/aromatic N) is 1. The van der Waals surface area contributed by atoms with E-state index in [9.17, 15) is 9.90 Å². The second kappa shape index (κ2) is 7.14. The van der Waals surface area contributed by atoms with Gasteiger partial charge in [-0.3, -0.25) is 0 Å². The molecule has 1 saturated heterocycles. The summed E-state index contributed by atoms with van der Waals surface area (Å²) in [6.45, 7) is 3.80. The summed E-state index contributed by atoms with van der Waals surface area (Å²) in [5.74, 6) is 0.762. The molecule has 20 heavy (non-hydrogen) atoms. The highest BCUT2D eigenvalue weighted by Crippen LogP contribution is 2.19. The summed E-state index contributed by atoms with van der Waals surface area (Å²) in [7, 11) is 0. The van der Waals surface area contributed by atoms with E-state index in [4.69, 9.17) is 4.74 Å². The van der Waals surface area contributed by atoms with Gasteiger partial charge in [0.1, 0.15) is 5.75 Å². The molecule has 0 saturated carbocycles. The van der Waals surface area contributed by atoms with Crippen LogP contribution in [0.2, 0.25) is 0 Å². The summed E-state index contributed by atoms with van der Waals surface area (Å²) >= 11 is 0. The van der Waals surface area contributed by atoms with Crippen LogP contribution in [0.25, 0.3) is 0 Å². The van der Waals surface area contributed by atoms with Crippen molar-refractivity contribution in [2.45, 2.75) is 32.3 Å². The molecule has 0 spiro atoms. The van der Waals surface area contributed by atoms with Gasteiger partial charge >= 0.3 is 6.03 Å². The third-order valence-electron chi connectivity index (χ3n) is 3.30. The maximum absolute atomic E-state index is 12.0. The number of β-amino-alcohol motifs (C(OH)–C–C–N with tert-alkyl or cyclic N) is 1. The monoisotopic (exact) mass is 278 g/mol. The van der Waals surface area contributed by atoms with Gasteiger partial charge < -0.3 is 20.1 Å². The molecule has 0 aromatic heterocycles. The first-order valence-corrected chi connectivity index (χ1v) is 7.16. The number of hydrogen-bond acceptors (Lipinski definition) is 3. The lowest BCUT2D eigenvalue weighted by Crippen LogP contribution is -2.33. The quantitative estimate of drug-likeness (QED) is 0.813. The lowest BCUT2D eigenvalue weighted by molar-refractivity contribution is 0.176. The zero-order valence-electron chi connectivity index (χ0n) is 11.8. The predicted octanol–water partition coefficient (Wildman–Crippen LogP) is 2.46. The zero-order valence-corrected chi connectivity index (χ0v) is 11.8. The number of benzene rings is 1. The van der Waals surface area contributed by atoms with Crippen LogP contribution in [0.3, 0.4) is 0 Å². The van der Waals surface area contributed by atoms with E-state index in [2.05, 4.69) is 12.2 Å². The topological polar surface area (TPSA) is 61.8 Å². The third kappa shape index (κ3) is 4.13. The van der Waals surface area contributed by atoms with Crippen molar-refractivity contribution in [3.05, 3.63) is 24.3 Å². The van der Waals surface area contributed by atoms with Crippen molar-refractivity contribution in [1.29, 1.82) is 0 Å². The Morgan fingerprint density at radius 3 is 3.10 bits per heavy atom. The fraction of sp³-hybridized carbons (Fsp3) is 0.533. The second-order valence-corrected chi connectivity index (χ2v) is 5.05. The van der Waals surface area contributed by atoms with E-state index in [0.29, 0.717) is 31.8 Å². The fourth-order valence-corrected chi connectivity index (χ4v) is 2.13. The minimum Gasteiger partial charge on any atom is -0.494 e. The molecule has 1 aromatic rings.